The minimum atomic E-state index is -0.394. The molecule has 0 aromatic heterocycles. The zero-order valence-corrected chi connectivity index (χ0v) is 13.0. The number of rotatable bonds is 6. The number of nitrogens with zero attached hydrogens (tertiary/aromatic N) is 1. The molecule has 1 unspecified atom stereocenters. The number of amides is 1. The summed E-state index contributed by atoms with van der Waals surface area (Å²) >= 11 is 5.94. The lowest BCUT2D eigenvalue weighted by molar-refractivity contribution is -0.133. The third-order valence-electron chi connectivity index (χ3n) is 2.87. The maximum absolute atomic E-state index is 12.1. The Labute approximate surface area is 126 Å². The van der Waals surface area contributed by atoms with Gasteiger partial charge in [-0.3, -0.25) is 4.79 Å². The molecule has 1 aromatic carbocycles. The predicted molar refractivity (Wildman–Crippen MR) is 82.7 cm³/mol. The quantitative estimate of drug-likeness (QED) is 0.877. The molecule has 0 saturated heterocycles. The van der Waals surface area contributed by atoms with E-state index in [0.717, 1.165) is 18.4 Å². The minimum Gasteiger partial charge on any atom is -0.337 e. The van der Waals surface area contributed by atoms with Crippen molar-refractivity contribution in [1.82, 2.24) is 4.90 Å². The van der Waals surface area contributed by atoms with Gasteiger partial charge in [-0.25, -0.2) is 0 Å². The van der Waals surface area contributed by atoms with Gasteiger partial charge in [-0.05, 0) is 31.0 Å². The van der Waals surface area contributed by atoms with Crippen molar-refractivity contribution in [1.29, 1.82) is 0 Å². The Balaban J connectivity index is 0.00000324. The molecule has 1 amide bonds. The smallest absolute Gasteiger partial charge is 0.239 e. The summed E-state index contributed by atoms with van der Waals surface area (Å²) in [7, 11) is 0. The molecule has 1 aromatic rings. The second kappa shape index (κ2) is 9.18. The van der Waals surface area contributed by atoms with Gasteiger partial charge >= 0.3 is 0 Å². The normalized spacial score (nSPS) is 11.6. The molecule has 0 bridgehead atoms. The van der Waals surface area contributed by atoms with Crippen molar-refractivity contribution < 1.29 is 4.79 Å². The minimum absolute atomic E-state index is 0. The Hall–Kier alpha value is -0.770. The summed E-state index contributed by atoms with van der Waals surface area (Å²) < 4.78 is 0. The number of carbonyl (C=O) groups excluding carboxylic acids is 1. The molecule has 0 aliphatic heterocycles. The number of nitrogens with two attached hydrogens (primary N) is 1. The highest BCUT2D eigenvalue weighted by molar-refractivity contribution is 6.30. The molecule has 1 rings (SSSR count). The van der Waals surface area contributed by atoms with Crippen LogP contribution in [-0.4, -0.2) is 23.4 Å². The number of benzene rings is 1. The van der Waals surface area contributed by atoms with Crippen LogP contribution in [0.2, 0.25) is 5.02 Å². The van der Waals surface area contributed by atoms with E-state index in [1.54, 1.807) is 4.90 Å². The SMILES string of the molecule is CCCC(N)C(=O)N(CC)Cc1cccc(Cl)c1.Cl. The first-order valence-electron chi connectivity index (χ1n) is 6.37. The maximum Gasteiger partial charge on any atom is 0.239 e. The van der Waals surface area contributed by atoms with Gasteiger partial charge in [0.1, 0.15) is 0 Å². The van der Waals surface area contributed by atoms with Gasteiger partial charge in [-0.1, -0.05) is 37.1 Å². The van der Waals surface area contributed by atoms with Crippen molar-refractivity contribution in [3.63, 3.8) is 0 Å². The first kappa shape index (κ1) is 18.2. The largest absolute Gasteiger partial charge is 0.337 e. The summed E-state index contributed by atoms with van der Waals surface area (Å²) in [6, 6.07) is 7.17. The maximum atomic E-state index is 12.1. The molecule has 0 radical (unpaired) electrons. The molecule has 2 N–H and O–H groups in total. The van der Waals surface area contributed by atoms with Crippen LogP contribution in [0.5, 0.6) is 0 Å². The van der Waals surface area contributed by atoms with Gasteiger partial charge in [0.2, 0.25) is 5.91 Å². The molecule has 0 aliphatic carbocycles. The lowest BCUT2D eigenvalue weighted by atomic mass is 10.1. The first-order chi connectivity index (χ1) is 8.58. The lowest BCUT2D eigenvalue weighted by Crippen LogP contribution is -2.43. The average molecular weight is 305 g/mol. The number of halogens is 2. The van der Waals surface area contributed by atoms with Crippen LogP contribution in [0, 0.1) is 0 Å². The molecule has 108 valence electrons. The van der Waals surface area contributed by atoms with Gasteiger partial charge < -0.3 is 10.6 Å². The number of hydrogen-bond acceptors (Lipinski definition) is 2. The van der Waals surface area contributed by atoms with Crippen LogP contribution in [-0.2, 0) is 11.3 Å². The Morgan fingerprint density at radius 3 is 2.63 bits per heavy atom. The monoisotopic (exact) mass is 304 g/mol. The highest BCUT2D eigenvalue weighted by atomic mass is 35.5. The standard InChI is InChI=1S/C14H21ClN2O.ClH/c1-3-6-13(16)14(18)17(4-2)10-11-7-5-8-12(15)9-11;/h5,7-9,13H,3-4,6,10,16H2,1-2H3;1H. The van der Waals surface area contributed by atoms with Crippen LogP contribution in [0.1, 0.15) is 32.3 Å². The van der Waals surface area contributed by atoms with Gasteiger partial charge in [0.05, 0.1) is 6.04 Å². The van der Waals surface area contributed by atoms with E-state index in [0.29, 0.717) is 18.1 Å². The molecule has 1 atom stereocenters. The van der Waals surface area contributed by atoms with E-state index >= 15 is 0 Å². The molecule has 3 nitrogen and oxygen atoms in total. The van der Waals surface area contributed by atoms with E-state index in [1.165, 1.54) is 0 Å². The summed E-state index contributed by atoms with van der Waals surface area (Å²) in [5, 5.41) is 0.689. The van der Waals surface area contributed by atoms with Gasteiger partial charge in [-0.15, -0.1) is 12.4 Å². The third kappa shape index (κ3) is 5.81. The summed E-state index contributed by atoms with van der Waals surface area (Å²) in [5.74, 6) is 0.0133. The second-order valence-corrected chi connectivity index (χ2v) is 4.81. The molecule has 19 heavy (non-hydrogen) atoms. The van der Waals surface area contributed by atoms with Crippen molar-refractivity contribution in [2.45, 2.75) is 39.3 Å². The zero-order valence-electron chi connectivity index (χ0n) is 11.4. The summed E-state index contributed by atoms with van der Waals surface area (Å²) in [5.41, 5.74) is 6.90. The van der Waals surface area contributed by atoms with E-state index in [1.807, 2.05) is 38.1 Å². The molecular formula is C14H22Cl2N2O. The van der Waals surface area contributed by atoms with Crippen LogP contribution in [0.4, 0.5) is 0 Å². The number of hydrogen-bond donors (Lipinski definition) is 1. The van der Waals surface area contributed by atoms with Crippen LogP contribution in [0.3, 0.4) is 0 Å². The predicted octanol–water partition coefficient (Wildman–Crippen LogP) is 3.24. The Bertz CT molecular complexity index is 399. The fraction of sp³-hybridized carbons (Fsp3) is 0.500. The summed E-state index contributed by atoms with van der Waals surface area (Å²) in [4.78, 5) is 13.9. The van der Waals surface area contributed by atoms with Crippen LogP contribution < -0.4 is 5.73 Å². The Morgan fingerprint density at radius 2 is 2.11 bits per heavy atom. The lowest BCUT2D eigenvalue weighted by Gasteiger charge is -2.24. The molecule has 5 heteroatoms. The van der Waals surface area contributed by atoms with Crippen molar-refractivity contribution in [3.8, 4) is 0 Å². The van der Waals surface area contributed by atoms with Gasteiger partial charge in [-0.2, -0.15) is 0 Å². The zero-order chi connectivity index (χ0) is 13.5. The number of likely N-dealkylation sites (N-methyl/N-ethyl adjacent to an activating group) is 1. The van der Waals surface area contributed by atoms with E-state index in [-0.39, 0.29) is 18.3 Å². The average Bonchev–Trinajstić information content (AvgIpc) is 2.35. The third-order valence-corrected chi connectivity index (χ3v) is 3.11. The van der Waals surface area contributed by atoms with Gasteiger partial charge in [0, 0.05) is 18.1 Å². The van der Waals surface area contributed by atoms with Crippen molar-refractivity contribution in [3.05, 3.63) is 34.9 Å². The van der Waals surface area contributed by atoms with Crippen molar-refractivity contribution in [2.24, 2.45) is 5.73 Å². The number of carbonyl (C=O) groups is 1. The highest BCUT2D eigenvalue weighted by Crippen LogP contribution is 2.13. The van der Waals surface area contributed by atoms with E-state index in [9.17, 15) is 4.79 Å². The van der Waals surface area contributed by atoms with Gasteiger partial charge in [0.15, 0.2) is 0 Å². The molecule has 0 saturated carbocycles. The van der Waals surface area contributed by atoms with Crippen LogP contribution >= 0.6 is 24.0 Å². The summed E-state index contributed by atoms with van der Waals surface area (Å²) in [6.07, 6.45) is 1.65. The van der Waals surface area contributed by atoms with Crippen molar-refractivity contribution >= 4 is 29.9 Å². The van der Waals surface area contributed by atoms with E-state index in [2.05, 4.69) is 0 Å². The van der Waals surface area contributed by atoms with Crippen LogP contribution in [0.15, 0.2) is 24.3 Å². The fourth-order valence-corrected chi connectivity index (χ4v) is 2.08. The fourth-order valence-electron chi connectivity index (χ4n) is 1.87. The summed E-state index contributed by atoms with van der Waals surface area (Å²) in [6.45, 7) is 5.21. The Kier molecular flexibility index (Phi) is 8.81. The van der Waals surface area contributed by atoms with Crippen molar-refractivity contribution in [2.75, 3.05) is 6.54 Å². The molecular weight excluding hydrogens is 283 g/mol. The first-order valence-corrected chi connectivity index (χ1v) is 6.75. The van der Waals surface area contributed by atoms with Crippen LogP contribution in [0.25, 0.3) is 0 Å². The molecule has 0 heterocycles. The molecule has 0 spiro atoms. The van der Waals surface area contributed by atoms with E-state index in [4.69, 9.17) is 17.3 Å². The Morgan fingerprint density at radius 1 is 1.42 bits per heavy atom. The second-order valence-electron chi connectivity index (χ2n) is 4.38. The van der Waals surface area contributed by atoms with Gasteiger partial charge in [0.25, 0.3) is 0 Å². The topological polar surface area (TPSA) is 46.3 Å². The molecule has 0 fully saturated rings. The highest BCUT2D eigenvalue weighted by Gasteiger charge is 2.19. The molecule has 0 aliphatic rings. The van der Waals surface area contributed by atoms with E-state index < -0.39 is 6.04 Å².